The number of ether oxygens (including phenoxy) is 1. The average Bonchev–Trinajstić information content (AvgIpc) is 2.40. The predicted octanol–water partition coefficient (Wildman–Crippen LogP) is 4.72. The number of benzene rings is 1. The molecule has 0 saturated heterocycles. The van der Waals surface area contributed by atoms with Gasteiger partial charge in [-0.3, -0.25) is 10.1 Å². The van der Waals surface area contributed by atoms with Crippen LogP contribution in [-0.4, -0.2) is 14.9 Å². The van der Waals surface area contributed by atoms with E-state index >= 15 is 0 Å². The van der Waals surface area contributed by atoms with Crippen LogP contribution in [0.25, 0.3) is 0 Å². The fourth-order valence-corrected chi connectivity index (χ4v) is 2.21. The molecule has 0 saturated carbocycles. The summed E-state index contributed by atoms with van der Waals surface area (Å²) in [5.41, 5.74) is 0.561. The Morgan fingerprint density at radius 3 is 2.76 bits per heavy atom. The van der Waals surface area contributed by atoms with E-state index in [2.05, 4.69) is 25.9 Å². The van der Waals surface area contributed by atoms with E-state index in [9.17, 15) is 10.1 Å². The van der Waals surface area contributed by atoms with E-state index in [-0.39, 0.29) is 22.8 Å². The first kappa shape index (κ1) is 15.7. The summed E-state index contributed by atoms with van der Waals surface area (Å²) >= 11 is 9.07. The molecule has 0 fully saturated rings. The summed E-state index contributed by atoms with van der Waals surface area (Å²) in [5.74, 6) is 0.490. The van der Waals surface area contributed by atoms with E-state index in [1.807, 2.05) is 19.9 Å². The van der Waals surface area contributed by atoms with Crippen LogP contribution in [0.4, 0.5) is 5.69 Å². The zero-order valence-corrected chi connectivity index (χ0v) is 13.6. The Kier molecular flexibility index (Phi) is 4.74. The average molecular weight is 373 g/mol. The van der Waals surface area contributed by atoms with Crippen LogP contribution in [0.1, 0.15) is 25.3 Å². The zero-order valence-electron chi connectivity index (χ0n) is 11.2. The van der Waals surface area contributed by atoms with Gasteiger partial charge in [0.05, 0.1) is 4.92 Å². The van der Waals surface area contributed by atoms with Crippen molar-refractivity contribution in [3.8, 4) is 11.6 Å². The van der Waals surface area contributed by atoms with Gasteiger partial charge in [0.15, 0.2) is 0 Å². The van der Waals surface area contributed by atoms with Crippen molar-refractivity contribution >= 4 is 33.2 Å². The Morgan fingerprint density at radius 1 is 1.43 bits per heavy atom. The molecule has 0 aliphatic rings. The van der Waals surface area contributed by atoms with Crippen molar-refractivity contribution in [1.29, 1.82) is 0 Å². The van der Waals surface area contributed by atoms with E-state index < -0.39 is 4.92 Å². The molecule has 6 nitrogen and oxygen atoms in total. The standard InChI is InChI=1S/C13H11BrClN3O3/c1-7(2)9-5-8(14)3-4-11(9)21-12-10(18(19)20)6-16-13(15)17-12/h3-7H,1-2H3. The van der Waals surface area contributed by atoms with Crippen molar-refractivity contribution < 1.29 is 9.66 Å². The molecule has 0 N–H and O–H groups in total. The summed E-state index contributed by atoms with van der Waals surface area (Å²) in [6.45, 7) is 3.99. The normalized spacial score (nSPS) is 10.7. The summed E-state index contributed by atoms with van der Waals surface area (Å²) < 4.78 is 6.50. The molecule has 2 aromatic rings. The molecule has 0 radical (unpaired) electrons. The molecule has 21 heavy (non-hydrogen) atoms. The third-order valence-electron chi connectivity index (χ3n) is 2.70. The van der Waals surface area contributed by atoms with Gasteiger partial charge in [-0.1, -0.05) is 29.8 Å². The Bertz CT molecular complexity index is 694. The first-order valence-corrected chi connectivity index (χ1v) is 7.20. The van der Waals surface area contributed by atoms with Gasteiger partial charge in [-0.05, 0) is 41.3 Å². The number of hydrogen-bond donors (Lipinski definition) is 0. The molecule has 8 heteroatoms. The highest BCUT2D eigenvalue weighted by molar-refractivity contribution is 9.10. The van der Waals surface area contributed by atoms with Crippen molar-refractivity contribution in [1.82, 2.24) is 9.97 Å². The molecule has 0 amide bonds. The summed E-state index contributed by atoms with van der Waals surface area (Å²) in [6.07, 6.45) is 1.03. The highest BCUT2D eigenvalue weighted by atomic mass is 79.9. The molecule has 110 valence electrons. The minimum absolute atomic E-state index is 0.112. The summed E-state index contributed by atoms with van der Waals surface area (Å²) in [5, 5.41) is 10.9. The summed E-state index contributed by atoms with van der Waals surface area (Å²) in [4.78, 5) is 17.8. The van der Waals surface area contributed by atoms with E-state index in [1.165, 1.54) is 0 Å². The van der Waals surface area contributed by atoms with E-state index in [0.717, 1.165) is 16.2 Å². The van der Waals surface area contributed by atoms with Crippen LogP contribution in [0.2, 0.25) is 5.28 Å². The van der Waals surface area contributed by atoms with Gasteiger partial charge >= 0.3 is 11.6 Å². The van der Waals surface area contributed by atoms with E-state index in [0.29, 0.717) is 5.75 Å². The van der Waals surface area contributed by atoms with Crippen molar-refractivity contribution in [2.24, 2.45) is 0 Å². The SMILES string of the molecule is CC(C)c1cc(Br)ccc1Oc1nc(Cl)ncc1[N+](=O)[O-]. The third-order valence-corrected chi connectivity index (χ3v) is 3.38. The quantitative estimate of drug-likeness (QED) is 0.441. The topological polar surface area (TPSA) is 78.2 Å². The van der Waals surface area contributed by atoms with Crippen molar-refractivity contribution in [3.63, 3.8) is 0 Å². The van der Waals surface area contributed by atoms with Gasteiger partial charge in [-0.15, -0.1) is 0 Å². The number of halogens is 2. The van der Waals surface area contributed by atoms with Crippen LogP contribution in [0.3, 0.4) is 0 Å². The summed E-state index contributed by atoms with van der Waals surface area (Å²) in [7, 11) is 0. The minimum Gasteiger partial charge on any atom is -0.433 e. The molecule has 0 aliphatic carbocycles. The highest BCUT2D eigenvalue weighted by Crippen LogP contribution is 2.35. The van der Waals surface area contributed by atoms with Crippen LogP contribution in [0, 0.1) is 10.1 Å². The smallest absolute Gasteiger partial charge is 0.349 e. The lowest BCUT2D eigenvalue weighted by Crippen LogP contribution is -2.00. The molecule has 1 aromatic carbocycles. The highest BCUT2D eigenvalue weighted by Gasteiger charge is 2.21. The van der Waals surface area contributed by atoms with Crippen molar-refractivity contribution in [3.05, 3.63) is 49.8 Å². The van der Waals surface area contributed by atoms with Crippen LogP contribution in [0.15, 0.2) is 28.9 Å². The van der Waals surface area contributed by atoms with Crippen LogP contribution >= 0.6 is 27.5 Å². The fourth-order valence-electron chi connectivity index (χ4n) is 1.71. The number of nitro groups is 1. The van der Waals surface area contributed by atoms with Gasteiger partial charge in [0, 0.05) is 4.47 Å². The van der Waals surface area contributed by atoms with Gasteiger partial charge in [0.25, 0.3) is 0 Å². The van der Waals surface area contributed by atoms with E-state index in [4.69, 9.17) is 16.3 Å². The van der Waals surface area contributed by atoms with Crippen molar-refractivity contribution in [2.45, 2.75) is 19.8 Å². The lowest BCUT2D eigenvalue weighted by Gasteiger charge is -2.13. The second-order valence-corrected chi connectivity index (χ2v) is 5.78. The van der Waals surface area contributed by atoms with Gasteiger partial charge < -0.3 is 4.74 Å². The second kappa shape index (κ2) is 6.36. The molecule has 0 bridgehead atoms. The first-order chi connectivity index (χ1) is 9.88. The Hall–Kier alpha value is -1.73. The second-order valence-electron chi connectivity index (χ2n) is 4.53. The molecular formula is C13H11BrClN3O3. The van der Waals surface area contributed by atoms with Gasteiger partial charge in [-0.25, -0.2) is 4.98 Å². The Labute approximate surface area is 134 Å². The number of aromatic nitrogens is 2. The molecule has 1 heterocycles. The van der Waals surface area contributed by atoms with Crippen LogP contribution < -0.4 is 4.74 Å². The monoisotopic (exact) mass is 371 g/mol. The lowest BCUT2D eigenvalue weighted by atomic mass is 10.0. The largest absolute Gasteiger partial charge is 0.433 e. The predicted molar refractivity (Wildman–Crippen MR) is 82.0 cm³/mol. The molecule has 2 rings (SSSR count). The van der Waals surface area contributed by atoms with E-state index in [1.54, 1.807) is 12.1 Å². The maximum Gasteiger partial charge on any atom is 0.349 e. The summed E-state index contributed by atoms with van der Waals surface area (Å²) in [6, 6.07) is 5.41. The van der Waals surface area contributed by atoms with Gasteiger partial charge in [-0.2, -0.15) is 4.98 Å². The fraction of sp³-hybridized carbons (Fsp3) is 0.231. The van der Waals surface area contributed by atoms with Crippen LogP contribution in [-0.2, 0) is 0 Å². The van der Waals surface area contributed by atoms with Crippen LogP contribution in [0.5, 0.6) is 11.6 Å². The third kappa shape index (κ3) is 3.68. The molecule has 0 unspecified atom stereocenters. The van der Waals surface area contributed by atoms with Gasteiger partial charge in [0.1, 0.15) is 11.9 Å². The number of nitrogens with zero attached hydrogens (tertiary/aromatic N) is 3. The molecule has 0 spiro atoms. The molecule has 0 atom stereocenters. The lowest BCUT2D eigenvalue weighted by molar-refractivity contribution is -0.386. The number of hydrogen-bond acceptors (Lipinski definition) is 5. The maximum absolute atomic E-state index is 11.0. The van der Waals surface area contributed by atoms with Gasteiger partial charge in [0.2, 0.25) is 5.28 Å². The minimum atomic E-state index is -0.612. The zero-order chi connectivity index (χ0) is 15.6. The Balaban J connectivity index is 2.47. The van der Waals surface area contributed by atoms with Crippen molar-refractivity contribution in [2.75, 3.05) is 0 Å². The molecular weight excluding hydrogens is 362 g/mol. The Morgan fingerprint density at radius 2 is 2.14 bits per heavy atom. The number of rotatable bonds is 4. The maximum atomic E-state index is 11.0. The first-order valence-electron chi connectivity index (χ1n) is 6.02. The molecule has 0 aliphatic heterocycles. The molecule has 1 aromatic heterocycles.